The number of guanidine groups is 1. The van der Waals surface area contributed by atoms with Crippen LogP contribution in [0.1, 0.15) is 30.9 Å². The highest BCUT2D eigenvalue weighted by Crippen LogP contribution is 2.23. The first-order valence-corrected chi connectivity index (χ1v) is 8.30. The van der Waals surface area contributed by atoms with Crippen molar-refractivity contribution in [2.75, 3.05) is 33.4 Å². The largest absolute Gasteiger partial charge is 0.492 e. The molecule has 0 spiro atoms. The van der Waals surface area contributed by atoms with Gasteiger partial charge in [0.1, 0.15) is 12.4 Å². The van der Waals surface area contributed by atoms with Crippen molar-refractivity contribution in [1.29, 1.82) is 0 Å². The zero-order valence-electron chi connectivity index (χ0n) is 14.7. The van der Waals surface area contributed by atoms with Crippen molar-refractivity contribution in [3.05, 3.63) is 29.3 Å². The number of benzene rings is 1. The van der Waals surface area contributed by atoms with Crippen molar-refractivity contribution in [3.8, 4) is 5.75 Å². The molecular formula is C18H29N3O2. The zero-order chi connectivity index (χ0) is 16.7. The normalized spacial score (nSPS) is 21.3. The average Bonchev–Trinajstić information content (AvgIpc) is 2.93. The smallest absolute Gasteiger partial charge is 0.191 e. The first-order chi connectivity index (χ1) is 11.0. The minimum atomic E-state index is -0.0762. The van der Waals surface area contributed by atoms with Crippen molar-refractivity contribution in [2.45, 2.75) is 39.2 Å². The molecule has 23 heavy (non-hydrogen) atoms. The van der Waals surface area contributed by atoms with Gasteiger partial charge in [0.05, 0.1) is 12.1 Å². The highest BCUT2D eigenvalue weighted by molar-refractivity contribution is 5.79. The van der Waals surface area contributed by atoms with E-state index in [-0.39, 0.29) is 5.60 Å². The van der Waals surface area contributed by atoms with Gasteiger partial charge in [0.25, 0.3) is 0 Å². The first-order valence-electron chi connectivity index (χ1n) is 8.30. The van der Waals surface area contributed by atoms with E-state index in [1.807, 2.05) is 0 Å². The first kappa shape index (κ1) is 17.6. The standard InChI is InChI=1S/C18H29N3O2/c1-14-10-15(2)12-16(11-14)22-9-7-20-17(19-4)21-13-18(3)6-5-8-23-18/h10-12H,5-9,13H2,1-4H3,(H2,19,20,21). The molecule has 5 nitrogen and oxygen atoms in total. The molecule has 0 radical (unpaired) electrons. The van der Waals surface area contributed by atoms with Crippen molar-refractivity contribution in [1.82, 2.24) is 10.6 Å². The van der Waals surface area contributed by atoms with Gasteiger partial charge in [0.2, 0.25) is 0 Å². The maximum Gasteiger partial charge on any atom is 0.191 e. The van der Waals surface area contributed by atoms with Crippen molar-refractivity contribution >= 4 is 5.96 Å². The number of aliphatic imine (C=N–C) groups is 1. The summed E-state index contributed by atoms with van der Waals surface area (Å²) in [6, 6.07) is 6.25. The Balaban J connectivity index is 1.69. The van der Waals surface area contributed by atoms with Crippen LogP contribution in [0.4, 0.5) is 0 Å². The number of nitrogens with one attached hydrogen (secondary N) is 2. The quantitative estimate of drug-likeness (QED) is 0.480. The Morgan fingerprint density at radius 1 is 1.26 bits per heavy atom. The number of hydrogen-bond donors (Lipinski definition) is 2. The Morgan fingerprint density at radius 3 is 2.61 bits per heavy atom. The second-order valence-corrected chi connectivity index (χ2v) is 6.43. The van der Waals surface area contributed by atoms with Gasteiger partial charge >= 0.3 is 0 Å². The minimum absolute atomic E-state index is 0.0762. The van der Waals surface area contributed by atoms with Gasteiger partial charge in [-0.25, -0.2) is 0 Å². The van der Waals surface area contributed by atoms with Crippen LogP contribution in [0.25, 0.3) is 0 Å². The second kappa shape index (κ2) is 8.20. The maximum absolute atomic E-state index is 5.79. The molecule has 1 saturated heterocycles. The lowest BCUT2D eigenvalue weighted by molar-refractivity contribution is 0.0243. The van der Waals surface area contributed by atoms with Crippen LogP contribution in [0.3, 0.4) is 0 Å². The van der Waals surface area contributed by atoms with Crippen molar-refractivity contribution < 1.29 is 9.47 Å². The third-order valence-electron chi connectivity index (χ3n) is 4.01. The molecule has 1 aromatic carbocycles. The van der Waals surface area contributed by atoms with E-state index >= 15 is 0 Å². The summed E-state index contributed by atoms with van der Waals surface area (Å²) in [5.41, 5.74) is 2.36. The summed E-state index contributed by atoms with van der Waals surface area (Å²) in [5.74, 6) is 1.70. The maximum atomic E-state index is 5.79. The van der Waals surface area contributed by atoms with Gasteiger partial charge in [0, 0.05) is 20.2 Å². The molecule has 0 aromatic heterocycles. The van der Waals surface area contributed by atoms with Gasteiger partial charge in [-0.05, 0) is 56.9 Å². The van der Waals surface area contributed by atoms with E-state index in [9.17, 15) is 0 Å². The molecule has 2 N–H and O–H groups in total. The highest BCUT2D eigenvalue weighted by atomic mass is 16.5. The van der Waals surface area contributed by atoms with E-state index in [1.54, 1.807) is 7.05 Å². The Bertz CT molecular complexity index is 517. The number of nitrogens with zero attached hydrogens (tertiary/aromatic N) is 1. The Hall–Kier alpha value is -1.75. The van der Waals surface area contributed by atoms with Crippen LogP contribution in [0.2, 0.25) is 0 Å². The van der Waals surface area contributed by atoms with Crippen LogP contribution < -0.4 is 15.4 Å². The van der Waals surface area contributed by atoms with Crippen LogP contribution >= 0.6 is 0 Å². The molecule has 0 saturated carbocycles. The van der Waals surface area contributed by atoms with E-state index in [4.69, 9.17) is 9.47 Å². The SMILES string of the molecule is CN=C(NCCOc1cc(C)cc(C)c1)NCC1(C)CCCO1. The summed E-state index contributed by atoms with van der Waals surface area (Å²) in [5, 5.41) is 6.60. The molecule has 128 valence electrons. The lowest BCUT2D eigenvalue weighted by atomic mass is 10.0. The fourth-order valence-corrected chi connectivity index (χ4v) is 2.82. The van der Waals surface area contributed by atoms with E-state index in [0.717, 1.165) is 37.7 Å². The minimum Gasteiger partial charge on any atom is -0.492 e. The predicted octanol–water partition coefficient (Wildman–Crippen LogP) is 2.42. The van der Waals surface area contributed by atoms with Gasteiger partial charge in [0.15, 0.2) is 5.96 Å². The molecule has 5 heteroatoms. The van der Waals surface area contributed by atoms with E-state index in [0.29, 0.717) is 13.2 Å². The summed E-state index contributed by atoms with van der Waals surface area (Å²) in [6.45, 7) is 9.22. The highest BCUT2D eigenvalue weighted by Gasteiger charge is 2.29. The van der Waals surface area contributed by atoms with Crippen LogP contribution in [0.15, 0.2) is 23.2 Å². The molecule has 1 aliphatic heterocycles. The summed E-state index contributed by atoms with van der Waals surface area (Å²) in [7, 11) is 1.78. The van der Waals surface area contributed by atoms with Gasteiger partial charge < -0.3 is 20.1 Å². The number of hydrogen-bond acceptors (Lipinski definition) is 3. The third-order valence-corrected chi connectivity index (χ3v) is 4.01. The molecular weight excluding hydrogens is 290 g/mol. The average molecular weight is 319 g/mol. The Kier molecular flexibility index (Phi) is 6.28. The van der Waals surface area contributed by atoms with Gasteiger partial charge in [-0.1, -0.05) is 6.07 Å². The zero-order valence-corrected chi connectivity index (χ0v) is 14.7. The van der Waals surface area contributed by atoms with Gasteiger partial charge in [-0.3, -0.25) is 4.99 Å². The number of ether oxygens (including phenoxy) is 2. The lowest BCUT2D eigenvalue weighted by Crippen LogP contribution is -2.46. The lowest BCUT2D eigenvalue weighted by Gasteiger charge is -2.24. The molecule has 1 aliphatic rings. The topological polar surface area (TPSA) is 54.9 Å². The monoisotopic (exact) mass is 319 g/mol. The molecule has 1 heterocycles. The molecule has 1 fully saturated rings. The van der Waals surface area contributed by atoms with Crippen molar-refractivity contribution in [3.63, 3.8) is 0 Å². The summed E-state index contributed by atoms with van der Waals surface area (Å²) in [6.07, 6.45) is 2.22. The Labute approximate surface area is 139 Å². The van der Waals surface area contributed by atoms with Gasteiger partial charge in [-0.2, -0.15) is 0 Å². The summed E-state index contributed by atoms with van der Waals surface area (Å²) in [4.78, 5) is 4.24. The number of rotatable bonds is 6. The van der Waals surface area contributed by atoms with Gasteiger partial charge in [-0.15, -0.1) is 0 Å². The van der Waals surface area contributed by atoms with Crippen LogP contribution in [0.5, 0.6) is 5.75 Å². The molecule has 1 unspecified atom stereocenters. The summed E-state index contributed by atoms with van der Waals surface area (Å²) >= 11 is 0. The molecule has 0 bridgehead atoms. The van der Waals surface area contributed by atoms with Crippen LogP contribution in [-0.2, 0) is 4.74 Å². The second-order valence-electron chi connectivity index (χ2n) is 6.43. The van der Waals surface area contributed by atoms with E-state index < -0.39 is 0 Å². The molecule has 1 aromatic rings. The summed E-state index contributed by atoms with van der Waals surface area (Å²) < 4.78 is 11.6. The fraction of sp³-hybridized carbons (Fsp3) is 0.611. The van der Waals surface area contributed by atoms with Crippen LogP contribution in [-0.4, -0.2) is 44.9 Å². The molecule has 0 amide bonds. The molecule has 2 rings (SSSR count). The van der Waals surface area contributed by atoms with Crippen LogP contribution in [0, 0.1) is 13.8 Å². The predicted molar refractivity (Wildman–Crippen MR) is 94.4 cm³/mol. The fourth-order valence-electron chi connectivity index (χ4n) is 2.82. The number of aryl methyl sites for hydroxylation is 2. The van der Waals surface area contributed by atoms with E-state index in [2.05, 4.69) is 54.6 Å². The third kappa shape index (κ3) is 5.75. The molecule has 1 atom stereocenters. The van der Waals surface area contributed by atoms with Crippen molar-refractivity contribution in [2.24, 2.45) is 4.99 Å². The Morgan fingerprint density at radius 2 is 2.00 bits per heavy atom. The molecule has 0 aliphatic carbocycles. The van der Waals surface area contributed by atoms with E-state index in [1.165, 1.54) is 11.1 Å².